The number of benzene rings is 1. The molecule has 1 aromatic carbocycles. The molecule has 0 heterocycles. The molecule has 2 atom stereocenters. The van der Waals surface area contributed by atoms with Crippen LogP contribution in [-0.2, 0) is 4.74 Å². The molecule has 0 spiro atoms. The van der Waals surface area contributed by atoms with E-state index < -0.39 is 17.8 Å². The van der Waals surface area contributed by atoms with Gasteiger partial charge < -0.3 is 15.6 Å². The van der Waals surface area contributed by atoms with Crippen LogP contribution in [0.15, 0.2) is 18.2 Å². The van der Waals surface area contributed by atoms with Crippen molar-refractivity contribution >= 4 is 11.6 Å². The van der Waals surface area contributed by atoms with Crippen LogP contribution in [0.4, 0.5) is 4.39 Å². The zero-order valence-electron chi connectivity index (χ0n) is 9.70. The van der Waals surface area contributed by atoms with E-state index in [-0.39, 0.29) is 17.1 Å². The van der Waals surface area contributed by atoms with E-state index >= 15 is 0 Å². The Balaban J connectivity index is 2.93. The molecular weight excluding hydrogens is 245 g/mol. The van der Waals surface area contributed by atoms with E-state index in [0.29, 0.717) is 13.0 Å². The van der Waals surface area contributed by atoms with Crippen LogP contribution in [0, 0.1) is 5.82 Å². The summed E-state index contributed by atoms with van der Waals surface area (Å²) in [5.74, 6) is -0.955. The average molecular weight is 262 g/mol. The van der Waals surface area contributed by atoms with Crippen molar-refractivity contribution in [3.05, 3.63) is 34.6 Å². The highest BCUT2D eigenvalue weighted by Gasteiger charge is 2.24. The fraction of sp³-hybridized carbons (Fsp3) is 0.500. The topological polar surface area (TPSA) is 55.5 Å². The monoisotopic (exact) mass is 261 g/mol. The van der Waals surface area contributed by atoms with Gasteiger partial charge in [-0.3, -0.25) is 0 Å². The number of halogens is 2. The van der Waals surface area contributed by atoms with Crippen LogP contribution >= 0.6 is 11.6 Å². The van der Waals surface area contributed by atoms with Gasteiger partial charge in [0.25, 0.3) is 0 Å². The molecule has 0 saturated heterocycles. The molecule has 2 unspecified atom stereocenters. The minimum atomic E-state index is -0.769. The van der Waals surface area contributed by atoms with Crippen LogP contribution in [0.2, 0.25) is 5.02 Å². The van der Waals surface area contributed by atoms with Crippen LogP contribution < -0.4 is 5.73 Å². The van der Waals surface area contributed by atoms with Gasteiger partial charge in [0.1, 0.15) is 5.82 Å². The normalized spacial score (nSPS) is 14.6. The lowest BCUT2D eigenvalue weighted by molar-refractivity contribution is 0.0911. The quantitative estimate of drug-likeness (QED) is 0.823. The molecule has 3 nitrogen and oxygen atoms in total. The second kappa shape index (κ2) is 6.91. The van der Waals surface area contributed by atoms with Crippen LogP contribution in [0.3, 0.4) is 0 Å². The largest absolute Gasteiger partial charge is 0.392 e. The summed E-state index contributed by atoms with van der Waals surface area (Å²) in [6.07, 6.45) is -0.377. The zero-order chi connectivity index (χ0) is 12.8. The maximum atomic E-state index is 13.7. The van der Waals surface area contributed by atoms with Crippen molar-refractivity contribution in [1.29, 1.82) is 0 Å². The Bertz CT molecular complexity index is 342. The summed E-state index contributed by atoms with van der Waals surface area (Å²) in [4.78, 5) is 0. The first-order chi connectivity index (χ1) is 8.11. The summed E-state index contributed by atoms with van der Waals surface area (Å²) in [5.41, 5.74) is 5.87. The van der Waals surface area contributed by atoms with E-state index in [2.05, 4.69) is 0 Å². The maximum absolute atomic E-state index is 13.7. The number of nitrogens with two attached hydrogens (primary N) is 1. The van der Waals surface area contributed by atoms with E-state index in [0.717, 1.165) is 0 Å². The van der Waals surface area contributed by atoms with E-state index in [1.165, 1.54) is 12.1 Å². The lowest BCUT2D eigenvalue weighted by Crippen LogP contribution is -2.28. The molecule has 0 aliphatic heterocycles. The van der Waals surface area contributed by atoms with Gasteiger partial charge in [0.2, 0.25) is 0 Å². The number of rotatable bonds is 6. The van der Waals surface area contributed by atoms with Gasteiger partial charge in [-0.1, -0.05) is 17.7 Å². The first-order valence-corrected chi connectivity index (χ1v) is 5.80. The molecule has 1 aromatic rings. The predicted molar refractivity (Wildman–Crippen MR) is 65.7 cm³/mol. The summed E-state index contributed by atoms with van der Waals surface area (Å²) < 4.78 is 18.6. The van der Waals surface area contributed by atoms with Crippen LogP contribution in [0.1, 0.15) is 17.9 Å². The first kappa shape index (κ1) is 14.4. The van der Waals surface area contributed by atoms with Crippen molar-refractivity contribution in [3.8, 4) is 0 Å². The van der Waals surface area contributed by atoms with Gasteiger partial charge in [-0.05, 0) is 18.6 Å². The molecule has 0 aliphatic rings. The summed E-state index contributed by atoms with van der Waals surface area (Å²) in [5, 5.41) is 10.2. The van der Waals surface area contributed by atoms with E-state index in [1.54, 1.807) is 13.2 Å². The van der Waals surface area contributed by atoms with Crippen LogP contribution in [0.25, 0.3) is 0 Å². The fourth-order valence-corrected chi connectivity index (χ4v) is 2.08. The summed E-state index contributed by atoms with van der Waals surface area (Å²) in [6.45, 7) is 0.523. The predicted octanol–water partition coefficient (Wildman–Crippen LogP) is 1.92. The maximum Gasteiger partial charge on any atom is 0.128 e. The van der Waals surface area contributed by atoms with Crippen molar-refractivity contribution in [2.75, 3.05) is 20.3 Å². The molecular formula is C12H17ClFNO2. The van der Waals surface area contributed by atoms with Gasteiger partial charge in [-0.15, -0.1) is 0 Å². The third kappa shape index (κ3) is 3.64. The van der Waals surface area contributed by atoms with Crippen LogP contribution in [-0.4, -0.2) is 31.5 Å². The van der Waals surface area contributed by atoms with Crippen molar-refractivity contribution in [3.63, 3.8) is 0 Å². The average Bonchev–Trinajstić information content (AvgIpc) is 2.31. The van der Waals surface area contributed by atoms with Crippen molar-refractivity contribution in [1.82, 2.24) is 0 Å². The number of hydrogen-bond donors (Lipinski definition) is 2. The Morgan fingerprint density at radius 2 is 2.24 bits per heavy atom. The molecule has 0 amide bonds. The van der Waals surface area contributed by atoms with Gasteiger partial charge in [0.05, 0.1) is 6.10 Å². The highest BCUT2D eigenvalue weighted by molar-refractivity contribution is 6.31. The summed E-state index contributed by atoms with van der Waals surface area (Å²) in [7, 11) is 1.54. The molecule has 0 saturated carbocycles. The minimum Gasteiger partial charge on any atom is -0.392 e. The highest BCUT2D eigenvalue weighted by Crippen LogP contribution is 2.30. The van der Waals surface area contributed by atoms with Crippen molar-refractivity contribution in [2.45, 2.75) is 18.4 Å². The van der Waals surface area contributed by atoms with E-state index in [9.17, 15) is 9.50 Å². The Morgan fingerprint density at radius 3 is 2.76 bits per heavy atom. The molecule has 0 aromatic heterocycles. The number of methoxy groups -OCH3 is 1. The standard InChI is InChI=1S/C12H17ClFNO2/c1-17-6-5-11(16)8(7-15)12-9(13)3-2-4-10(12)14/h2-4,8,11,16H,5-7,15H2,1H3. The lowest BCUT2D eigenvalue weighted by Gasteiger charge is -2.23. The second-order valence-electron chi connectivity index (χ2n) is 3.83. The lowest BCUT2D eigenvalue weighted by atomic mass is 9.91. The molecule has 0 radical (unpaired) electrons. The Labute approximate surface area is 105 Å². The van der Waals surface area contributed by atoms with E-state index in [4.69, 9.17) is 22.1 Å². The molecule has 5 heteroatoms. The number of ether oxygens (including phenoxy) is 1. The smallest absolute Gasteiger partial charge is 0.128 e. The Morgan fingerprint density at radius 1 is 1.53 bits per heavy atom. The molecule has 0 aliphatic carbocycles. The Kier molecular flexibility index (Phi) is 5.85. The summed E-state index contributed by atoms with van der Waals surface area (Å²) >= 11 is 5.94. The number of aliphatic hydroxyl groups excluding tert-OH is 1. The minimum absolute atomic E-state index is 0.130. The van der Waals surface area contributed by atoms with Crippen molar-refractivity contribution in [2.24, 2.45) is 5.73 Å². The van der Waals surface area contributed by atoms with E-state index in [1.807, 2.05) is 0 Å². The summed E-state index contributed by atoms with van der Waals surface area (Å²) in [6, 6.07) is 4.43. The fourth-order valence-electron chi connectivity index (χ4n) is 1.77. The van der Waals surface area contributed by atoms with Gasteiger partial charge >= 0.3 is 0 Å². The van der Waals surface area contributed by atoms with Gasteiger partial charge in [0.15, 0.2) is 0 Å². The highest BCUT2D eigenvalue weighted by atomic mass is 35.5. The van der Waals surface area contributed by atoms with Gasteiger partial charge in [-0.25, -0.2) is 4.39 Å². The number of aliphatic hydroxyl groups is 1. The molecule has 0 bridgehead atoms. The number of hydrogen-bond acceptors (Lipinski definition) is 3. The van der Waals surface area contributed by atoms with Gasteiger partial charge in [-0.2, -0.15) is 0 Å². The third-order valence-corrected chi connectivity index (χ3v) is 3.04. The van der Waals surface area contributed by atoms with Crippen molar-refractivity contribution < 1.29 is 14.2 Å². The third-order valence-electron chi connectivity index (χ3n) is 2.71. The molecule has 1 rings (SSSR count). The first-order valence-electron chi connectivity index (χ1n) is 5.42. The molecule has 3 N–H and O–H groups in total. The molecule has 17 heavy (non-hydrogen) atoms. The Hall–Kier alpha value is -0.680. The molecule has 96 valence electrons. The molecule has 0 fully saturated rings. The SMILES string of the molecule is COCCC(O)C(CN)c1c(F)cccc1Cl. The van der Waals surface area contributed by atoms with Gasteiger partial charge in [0, 0.05) is 36.8 Å². The zero-order valence-corrected chi connectivity index (χ0v) is 10.5. The second-order valence-corrected chi connectivity index (χ2v) is 4.23. The van der Waals surface area contributed by atoms with Crippen LogP contribution in [0.5, 0.6) is 0 Å².